The van der Waals surface area contributed by atoms with Gasteiger partial charge in [-0.3, -0.25) is 4.79 Å². The van der Waals surface area contributed by atoms with Crippen LogP contribution in [0.1, 0.15) is 6.92 Å². The summed E-state index contributed by atoms with van der Waals surface area (Å²) < 4.78 is 0. The van der Waals surface area contributed by atoms with Crippen molar-refractivity contribution >= 4 is 11.8 Å². The summed E-state index contributed by atoms with van der Waals surface area (Å²) in [5, 5.41) is 19.7. The lowest BCUT2D eigenvalue weighted by molar-refractivity contribution is -0.140. The van der Waals surface area contributed by atoms with Crippen LogP contribution in [-0.2, 0) is 4.79 Å². The number of nitrogens with one attached hydrogen (secondary N) is 2. The molecule has 1 unspecified atom stereocenters. The van der Waals surface area contributed by atoms with Gasteiger partial charge < -0.3 is 15.4 Å². The molecule has 2 heterocycles. The standard InChI is InChI=1S/C12H14N4O2/c1-8(12(17)18)7-14-11-5-4-10(15-16-11)9-3-2-6-13-9/h2-6,8,13H,7H2,1H3,(H,14,16)(H,17,18). The molecule has 6 nitrogen and oxygen atoms in total. The van der Waals surface area contributed by atoms with Crippen LogP contribution in [0.3, 0.4) is 0 Å². The van der Waals surface area contributed by atoms with Crippen molar-refractivity contribution in [3.63, 3.8) is 0 Å². The van der Waals surface area contributed by atoms with E-state index < -0.39 is 11.9 Å². The summed E-state index contributed by atoms with van der Waals surface area (Å²) in [7, 11) is 0. The zero-order valence-corrected chi connectivity index (χ0v) is 9.92. The van der Waals surface area contributed by atoms with Gasteiger partial charge in [-0.1, -0.05) is 6.92 Å². The minimum absolute atomic E-state index is 0.325. The normalized spacial score (nSPS) is 12.1. The first-order valence-corrected chi connectivity index (χ1v) is 5.61. The molecule has 3 N–H and O–H groups in total. The number of anilines is 1. The van der Waals surface area contributed by atoms with Gasteiger partial charge in [-0.15, -0.1) is 10.2 Å². The molecule has 0 aliphatic rings. The first-order chi connectivity index (χ1) is 8.66. The summed E-state index contributed by atoms with van der Waals surface area (Å²) in [6, 6.07) is 7.39. The zero-order chi connectivity index (χ0) is 13.0. The number of carboxylic acid groups (broad SMARTS) is 1. The van der Waals surface area contributed by atoms with Crippen molar-refractivity contribution in [2.45, 2.75) is 6.92 Å². The molecule has 0 aliphatic heterocycles. The molecule has 0 bridgehead atoms. The maximum atomic E-state index is 10.6. The van der Waals surface area contributed by atoms with Crippen LogP contribution in [0.2, 0.25) is 0 Å². The molecule has 6 heteroatoms. The van der Waals surface area contributed by atoms with Crippen molar-refractivity contribution in [3.8, 4) is 11.4 Å². The number of rotatable bonds is 5. The summed E-state index contributed by atoms with van der Waals surface area (Å²) in [6.45, 7) is 1.96. The van der Waals surface area contributed by atoms with Gasteiger partial charge in [-0.2, -0.15) is 0 Å². The van der Waals surface area contributed by atoms with Gasteiger partial charge in [0.1, 0.15) is 11.5 Å². The first kappa shape index (κ1) is 12.1. The Morgan fingerprint density at radius 3 is 2.83 bits per heavy atom. The molecule has 0 radical (unpaired) electrons. The quantitative estimate of drug-likeness (QED) is 0.745. The molecule has 2 aromatic rings. The predicted molar refractivity (Wildman–Crippen MR) is 67.1 cm³/mol. The van der Waals surface area contributed by atoms with Gasteiger partial charge in [0.25, 0.3) is 0 Å². The lowest BCUT2D eigenvalue weighted by Gasteiger charge is -2.08. The third-order valence-electron chi connectivity index (χ3n) is 2.55. The fourth-order valence-electron chi connectivity index (χ4n) is 1.40. The monoisotopic (exact) mass is 246 g/mol. The molecule has 2 rings (SSSR count). The Morgan fingerprint density at radius 1 is 1.44 bits per heavy atom. The Hall–Kier alpha value is -2.37. The van der Waals surface area contributed by atoms with Crippen molar-refractivity contribution in [2.75, 3.05) is 11.9 Å². The highest BCUT2D eigenvalue weighted by Gasteiger charge is 2.10. The first-order valence-electron chi connectivity index (χ1n) is 5.61. The topological polar surface area (TPSA) is 90.9 Å². The highest BCUT2D eigenvalue weighted by molar-refractivity contribution is 5.70. The van der Waals surface area contributed by atoms with Gasteiger partial charge in [0.15, 0.2) is 0 Å². The molecule has 94 valence electrons. The van der Waals surface area contributed by atoms with E-state index in [0.717, 1.165) is 11.4 Å². The minimum Gasteiger partial charge on any atom is -0.481 e. The third kappa shape index (κ3) is 2.85. The van der Waals surface area contributed by atoms with E-state index >= 15 is 0 Å². The molecular formula is C12H14N4O2. The molecule has 0 saturated heterocycles. The number of aromatic amines is 1. The van der Waals surface area contributed by atoms with Crippen LogP contribution >= 0.6 is 0 Å². The van der Waals surface area contributed by atoms with Crippen LogP contribution in [-0.4, -0.2) is 32.8 Å². The number of carbonyl (C=O) groups is 1. The second-order valence-corrected chi connectivity index (χ2v) is 4.01. The second-order valence-electron chi connectivity index (χ2n) is 4.01. The Bertz CT molecular complexity index is 507. The predicted octanol–water partition coefficient (Wildman–Crippen LogP) is 1.60. The summed E-state index contributed by atoms with van der Waals surface area (Å²) in [5.41, 5.74) is 1.64. The molecule has 0 aliphatic carbocycles. The van der Waals surface area contributed by atoms with E-state index in [1.165, 1.54) is 0 Å². The van der Waals surface area contributed by atoms with E-state index in [-0.39, 0.29) is 0 Å². The molecular weight excluding hydrogens is 232 g/mol. The molecule has 0 aromatic carbocycles. The Kier molecular flexibility index (Phi) is 3.57. The van der Waals surface area contributed by atoms with E-state index in [0.29, 0.717) is 12.4 Å². The molecule has 2 aromatic heterocycles. The number of aliphatic carboxylic acids is 1. The van der Waals surface area contributed by atoms with Crippen LogP contribution in [0.4, 0.5) is 5.82 Å². The minimum atomic E-state index is -0.835. The zero-order valence-electron chi connectivity index (χ0n) is 9.92. The number of aromatic nitrogens is 3. The average molecular weight is 246 g/mol. The number of nitrogens with zero attached hydrogens (tertiary/aromatic N) is 2. The van der Waals surface area contributed by atoms with E-state index in [9.17, 15) is 4.79 Å². The largest absolute Gasteiger partial charge is 0.481 e. The number of hydrogen-bond acceptors (Lipinski definition) is 4. The summed E-state index contributed by atoms with van der Waals surface area (Å²) in [4.78, 5) is 13.7. The Balaban J connectivity index is 1.98. The summed E-state index contributed by atoms with van der Waals surface area (Å²) >= 11 is 0. The fraction of sp³-hybridized carbons (Fsp3) is 0.250. The molecule has 0 fully saturated rings. The lowest BCUT2D eigenvalue weighted by atomic mass is 10.2. The van der Waals surface area contributed by atoms with E-state index in [4.69, 9.17) is 5.11 Å². The SMILES string of the molecule is CC(CNc1ccc(-c2ccc[nH]2)nn1)C(=O)O. The maximum absolute atomic E-state index is 10.6. The highest BCUT2D eigenvalue weighted by Crippen LogP contribution is 2.14. The van der Waals surface area contributed by atoms with E-state index in [1.807, 2.05) is 24.4 Å². The van der Waals surface area contributed by atoms with Crippen molar-refractivity contribution < 1.29 is 9.90 Å². The average Bonchev–Trinajstić information content (AvgIpc) is 2.90. The fourth-order valence-corrected chi connectivity index (χ4v) is 1.40. The van der Waals surface area contributed by atoms with Crippen LogP contribution in [0.25, 0.3) is 11.4 Å². The molecule has 1 atom stereocenters. The number of H-pyrrole nitrogens is 1. The smallest absolute Gasteiger partial charge is 0.308 e. The van der Waals surface area contributed by atoms with Crippen molar-refractivity contribution in [1.29, 1.82) is 0 Å². The lowest BCUT2D eigenvalue weighted by Crippen LogP contribution is -2.20. The number of hydrogen-bond donors (Lipinski definition) is 3. The highest BCUT2D eigenvalue weighted by atomic mass is 16.4. The van der Waals surface area contributed by atoms with E-state index in [1.54, 1.807) is 13.0 Å². The van der Waals surface area contributed by atoms with Gasteiger partial charge in [-0.25, -0.2) is 0 Å². The van der Waals surface area contributed by atoms with E-state index in [2.05, 4.69) is 20.5 Å². The van der Waals surface area contributed by atoms with Crippen LogP contribution < -0.4 is 5.32 Å². The summed E-state index contributed by atoms with van der Waals surface area (Å²) in [6.07, 6.45) is 1.82. The molecule has 0 amide bonds. The van der Waals surface area contributed by atoms with Crippen molar-refractivity contribution in [3.05, 3.63) is 30.5 Å². The number of carboxylic acids is 1. The molecule has 0 saturated carbocycles. The second kappa shape index (κ2) is 5.31. The van der Waals surface area contributed by atoms with Gasteiger partial charge in [-0.05, 0) is 24.3 Å². The third-order valence-corrected chi connectivity index (χ3v) is 2.55. The van der Waals surface area contributed by atoms with Crippen molar-refractivity contribution in [1.82, 2.24) is 15.2 Å². The van der Waals surface area contributed by atoms with Crippen molar-refractivity contribution in [2.24, 2.45) is 5.92 Å². The van der Waals surface area contributed by atoms with Crippen LogP contribution in [0.15, 0.2) is 30.5 Å². The Labute approximate surface area is 104 Å². The van der Waals surface area contributed by atoms with Crippen LogP contribution in [0, 0.1) is 5.92 Å². The van der Waals surface area contributed by atoms with Gasteiger partial charge in [0.05, 0.1) is 11.6 Å². The summed E-state index contributed by atoms with van der Waals surface area (Å²) in [5.74, 6) is -0.730. The molecule has 0 spiro atoms. The van der Waals surface area contributed by atoms with Gasteiger partial charge >= 0.3 is 5.97 Å². The Morgan fingerprint density at radius 2 is 2.28 bits per heavy atom. The molecule has 18 heavy (non-hydrogen) atoms. The van der Waals surface area contributed by atoms with Gasteiger partial charge in [0.2, 0.25) is 0 Å². The maximum Gasteiger partial charge on any atom is 0.308 e. The van der Waals surface area contributed by atoms with Crippen LogP contribution in [0.5, 0.6) is 0 Å². The van der Waals surface area contributed by atoms with Gasteiger partial charge in [0, 0.05) is 12.7 Å².